The van der Waals surface area contributed by atoms with Crippen LogP contribution >= 0.6 is 0 Å². The molecular formula is C23H23N3O6. The number of esters is 1. The minimum absolute atomic E-state index is 0.278. The predicted octanol–water partition coefficient (Wildman–Crippen LogP) is 2.74. The third-order valence-corrected chi connectivity index (χ3v) is 4.52. The number of nitrogens with one attached hydrogen (secondary N) is 1. The number of aromatic nitrogens is 2. The molecule has 0 aliphatic rings. The Morgan fingerprint density at radius 1 is 1.00 bits per heavy atom. The zero-order chi connectivity index (χ0) is 23.1. The summed E-state index contributed by atoms with van der Waals surface area (Å²) in [6, 6.07) is 14.4. The van der Waals surface area contributed by atoms with E-state index in [4.69, 9.17) is 14.2 Å². The largest absolute Gasteiger partial charge is 0.497 e. The lowest BCUT2D eigenvalue weighted by atomic mass is 10.1. The van der Waals surface area contributed by atoms with Crippen molar-refractivity contribution in [1.82, 2.24) is 9.78 Å². The molecule has 0 radical (unpaired) electrons. The number of nitrogens with zero attached hydrogens (tertiary/aromatic N) is 2. The number of amides is 1. The standard InChI is InChI=1S/C23H23N3O6/c1-4-32-23(29)15-5-7-16(8-6-15)24-21(27)14-26-22(28)12-11-19(25-26)18-10-9-17(30-2)13-20(18)31-3/h5-13H,4,14H2,1-3H3,(H,24,27). The van der Waals surface area contributed by atoms with E-state index >= 15 is 0 Å². The van der Waals surface area contributed by atoms with Gasteiger partial charge in [-0.2, -0.15) is 5.10 Å². The highest BCUT2D eigenvalue weighted by Gasteiger charge is 2.13. The Morgan fingerprint density at radius 3 is 2.41 bits per heavy atom. The van der Waals surface area contributed by atoms with Crippen molar-refractivity contribution >= 4 is 17.6 Å². The predicted molar refractivity (Wildman–Crippen MR) is 118 cm³/mol. The normalized spacial score (nSPS) is 10.3. The van der Waals surface area contributed by atoms with Gasteiger partial charge in [0.1, 0.15) is 18.0 Å². The van der Waals surface area contributed by atoms with Crippen molar-refractivity contribution in [3.63, 3.8) is 0 Å². The lowest BCUT2D eigenvalue weighted by molar-refractivity contribution is -0.117. The minimum Gasteiger partial charge on any atom is -0.497 e. The summed E-state index contributed by atoms with van der Waals surface area (Å²) in [6.45, 7) is 1.72. The number of carbonyl (C=O) groups excluding carboxylic acids is 2. The van der Waals surface area contributed by atoms with E-state index in [0.29, 0.717) is 34.0 Å². The van der Waals surface area contributed by atoms with E-state index in [0.717, 1.165) is 4.68 Å². The van der Waals surface area contributed by atoms with E-state index in [2.05, 4.69) is 10.4 Å². The lowest BCUT2D eigenvalue weighted by Crippen LogP contribution is -2.29. The third kappa shape index (κ3) is 5.31. The molecule has 32 heavy (non-hydrogen) atoms. The van der Waals surface area contributed by atoms with Crippen LogP contribution < -0.4 is 20.3 Å². The van der Waals surface area contributed by atoms with Crippen molar-refractivity contribution in [2.45, 2.75) is 13.5 Å². The first-order valence-electron chi connectivity index (χ1n) is 9.82. The summed E-state index contributed by atoms with van der Waals surface area (Å²) in [5, 5.41) is 6.99. The summed E-state index contributed by atoms with van der Waals surface area (Å²) >= 11 is 0. The lowest BCUT2D eigenvalue weighted by Gasteiger charge is -2.12. The molecule has 0 saturated carbocycles. The van der Waals surface area contributed by atoms with E-state index in [1.807, 2.05) is 0 Å². The van der Waals surface area contributed by atoms with E-state index in [9.17, 15) is 14.4 Å². The Bertz CT molecular complexity index is 1170. The summed E-state index contributed by atoms with van der Waals surface area (Å²) in [7, 11) is 3.07. The average Bonchev–Trinajstić information content (AvgIpc) is 2.80. The van der Waals surface area contributed by atoms with Crippen molar-refractivity contribution in [2.24, 2.45) is 0 Å². The van der Waals surface area contributed by atoms with Gasteiger partial charge in [0.05, 0.1) is 32.1 Å². The summed E-state index contributed by atoms with van der Waals surface area (Å²) in [4.78, 5) is 36.4. The Morgan fingerprint density at radius 2 is 1.75 bits per heavy atom. The number of benzene rings is 2. The Labute approximate surface area is 184 Å². The Hall–Kier alpha value is -4.14. The molecule has 0 unspecified atom stereocenters. The van der Waals surface area contributed by atoms with Gasteiger partial charge in [0.15, 0.2) is 0 Å². The van der Waals surface area contributed by atoms with Gasteiger partial charge in [0.25, 0.3) is 5.56 Å². The monoisotopic (exact) mass is 437 g/mol. The number of hydrogen-bond acceptors (Lipinski definition) is 7. The maximum atomic E-state index is 12.5. The number of methoxy groups -OCH3 is 2. The Balaban J connectivity index is 1.76. The van der Waals surface area contributed by atoms with Crippen LogP contribution in [0.15, 0.2) is 59.4 Å². The van der Waals surface area contributed by atoms with Crippen LogP contribution in [0.2, 0.25) is 0 Å². The first kappa shape index (κ1) is 22.5. The molecule has 1 aromatic heterocycles. The zero-order valence-electron chi connectivity index (χ0n) is 18.0. The molecule has 0 atom stereocenters. The molecule has 1 heterocycles. The van der Waals surface area contributed by atoms with E-state index in [1.54, 1.807) is 62.6 Å². The molecule has 3 rings (SSSR count). The van der Waals surface area contributed by atoms with Crippen LogP contribution in [-0.4, -0.2) is 42.5 Å². The highest BCUT2D eigenvalue weighted by Crippen LogP contribution is 2.31. The molecular weight excluding hydrogens is 414 g/mol. The fourth-order valence-electron chi connectivity index (χ4n) is 2.96. The second kappa shape index (κ2) is 10.3. The number of anilines is 1. The first-order valence-corrected chi connectivity index (χ1v) is 9.82. The molecule has 0 bridgehead atoms. The van der Waals surface area contributed by atoms with Crippen molar-refractivity contribution in [1.29, 1.82) is 0 Å². The van der Waals surface area contributed by atoms with Crippen LogP contribution in [0.1, 0.15) is 17.3 Å². The Kier molecular flexibility index (Phi) is 7.22. The first-order chi connectivity index (χ1) is 15.4. The van der Waals surface area contributed by atoms with Gasteiger partial charge in [0.2, 0.25) is 5.91 Å². The fourth-order valence-corrected chi connectivity index (χ4v) is 2.96. The number of hydrogen-bond donors (Lipinski definition) is 1. The maximum absolute atomic E-state index is 12.5. The molecule has 9 heteroatoms. The van der Waals surface area contributed by atoms with Crippen molar-refractivity contribution in [3.05, 3.63) is 70.5 Å². The zero-order valence-corrected chi connectivity index (χ0v) is 18.0. The summed E-state index contributed by atoms with van der Waals surface area (Å²) in [5.74, 6) is 0.259. The van der Waals surface area contributed by atoms with Crippen molar-refractivity contribution in [3.8, 4) is 22.8 Å². The van der Waals surface area contributed by atoms with Gasteiger partial charge in [-0.1, -0.05) is 0 Å². The van der Waals surface area contributed by atoms with Crippen LogP contribution in [0, 0.1) is 0 Å². The minimum atomic E-state index is -0.442. The molecule has 1 N–H and O–H groups in total. The SMILES string of the molecule is CCOC(=O)c1ccc(NC(=O)Cn2nc(-c3ccc(OC)cc3OC)ccc2=O)cc1. The molecule has 1 amide bonds. The van der Waals surface area contributed by atoms with Crippen LogP contribution in [0.3, 0.4) is 0 Å². The molecule has 9 nitrogen and oxygen atoms in total. The molecule has 0 saturated heterocycles. The highest BCUT2D eigenvalue weighted by molar-refractivity contribution is 5.93. The smallest absolute Gasteiger partial charge is 0.338 e. The van der Waals surface area contributed by atoms with Gasteiger partial charge in [-0.25, -0.2) is 9.48 Å². The molecule has 166 valence electrons. The second-order valence-corrected chi connectivity index (χ2v) is 6.63. The van der Waals surface area contributed by atoms with Gasteiger partial charge < -0.3 is 19.5 Å². The molecule has 0 aliphatic heterocycles. The quantitative estimate of drug-likeness (QED) is 0.540. The number of rotatable bonds is 8. The van der Waals surface area contributed by atoms with Gasteiger partial charge >= 0.3 is 5.97 Å². The fraction of sp³-hybridized carbons (Fsp3) is 0.217. The molecule has 0 spiro atoms. The van der Waals surface area contributed by atoms with Crippen molar-refractivity contribution in [2.75, 3.05) is 26.1 Å². The molecule has 2 aromatic carbocycles. The topological polar surface area (TPSA) is 109 Å². The van der Waals surface area contributed by atoms with E-state index < -0.39 is 17.4 Å². The van der Waals surface area contributed by atoms with Gasteiger partial charge in [-0.3, -0.25) is 9.59 Å². The van der Waals surface area contributed by atoms with Gasteiger partial charge in [0, 0.05) is 23.4 Å². The van der Waals surface area contributed by atoms with Crippen molar-refractivity contribution < 1.29 is 23.8 Å². The van der Waals surface area contributed by atoms with Gasteiger partial charge in [-0.15, -0.1) is 0 Å². The molecule has 0 aliphatic carbocycles. The molecule has 3 aromatic rings. The van der Waals surface area contributed by atoms with Gasteiger partial charge in [-0.05, 0) is 49.4 Å². The number of carbonyl (C=O) groups is 2. The van der Waals surface area contributed by atoms with Crippen LogP contribution in [0.4, 0.5) is 5.69 Å². The van der Waals surface area contributed by atoms with Crippen LogP contribution in [-0.2, 0) is 16.1 Å². The highest BCUT2D eigenvalue weighted by atomic mass is 16.5. The van der Waals surface area contributed by atoms with E-state index in [-0.39, 0.29) is 13.2 Å². The average molecular weight is 437 g/mol. The summed E-state index contributed by atoms with van der Waals surface area (Å²) in [5.41, 5.74) is 1.55. The molecule has 0 fully saturated rings. The van der Waals surface area contributed by atoms with E-state index in [1.165, 1.54) is 13.2 Å². The summed E-state index contributed by atoms with van der Waals surface area (Å²) < 4.78 is 16.6. The number of ether oxygens (including phenoxy) is 3. The third-order valence-electron chi connectivity index (χ3n) is 4.52. The van der Waals surface area contributed by atoms with Crippen LogP contribution in [0.5, 0.6) is 11.5 Å². The second-order valence-electron chi connectivity index (χ2n) is 6.63. The van der Waals surface area contributed by atoms with Crippen LogP contribution in [0.25, 0.3) is 11.3 Å². The summed E-state index contributed by atoms with van der Waals surface area (Å²) in [6.07, 6.45) is 0. The maximum Gasteiger partial charge on any atom is 0.338 e.